The van der Waals surface area contributed by atoms with Crippen molar-refractivity contribution in [2.24, 2.45) is 0 Å². The van der Waals surface area contributed by atoms with Crippen LogP contribution in [0.25, 0.3) is 0 Å². The number of amides is 1. The molecule has 0 saturated carbocycles. The second-order valence-electron chi connectivity index (χ2n) is 5.99. The molecule has 3 heterocycles. The molecule has 0 saturated heterocycles. The van der Waals surface area contributed by atoms with Crippen molar-refractivity contribution in [1.29, 1.82) is 0 Å². The van der Waals surface area contributed by atoms with Crippen LogP contribution in [0.5, 0.6) is 0 Å². The Bertz CT molecular complexity index is 812. The van der Waals surface area contributed by atoms with Gasteiger partial charge in [0.1, 0.15) is 11.5 Å². The lowest BCUT2D eigenvalue weighted by atomic mass is 10.2. The number of hydrogen-bond acceptors (Lipinski definition) is 6. The van der Waals surface area contributed by atoms with Crippen LogP contribution in [0.4, 0.5) is 0 Å². The molecule has 0 aliphatic heterocycles. The zero-order chi connectivity index (χ0) is 18.4. The molecule has 0 aliphatic carbocycles. The van der Waals surface area contributed by atoms with E-state index >= 15 is 0 Å². The summed E-state index contributed by atoms with van der Waals surface area (Å²) in [6.07, 6.45) is 5.12. The first-order chi connectivity index (χ1) is 12.6. The highest BCUT2D eigenvalue weighted by Crippen LogP contribution is 2.20. The molecule has 136 valence electrons. The van der Waals surface area contributed by atoms with E-state index in [1.165, 1.54) is 0 Å². The van der Waals surface area contributed by atoms with Crippen LogP contribution < -0.4 is 0 Å². The van der Waals surface area contributed by atoms with Gasteiger partial charge in [0.15, 0.2) is 0 Å². The standard InChI is InChI=1S/C19H21N3O3S/c1-14-18(15(2)25-21-14)12-26-13-19(23)22(11-17-6-4-8-24-17)10-16-5-3-7-20-9-16/h3-9H,10-13H2,1-2H3. The summed E-state index contributed by atoms with van der Waals surface area (Å²) in [5.41, 5.74) is 2.93. The van der Waals surface area contributed by atoms with Gasteiger partial charge in [0.05, 0.1) is 24.3 Å². The summed E-state index contributed by atoms with van der Waals surface area (Å²) in [6, 6.07) is 7.54. The Kier molecular flexibility index (Phi) is 6.12. The second-order valence-corrected chi connectivity index (χ2v) is 6.97. The summed E-state index contributed by atoms with van der Waals surface area (Å²) < 4.78 is 10.6. The molecule has 0 aromatic carbocycles. The smallest absolute Gasteiger partial charge is 0.233 e. The predicted molar refractivity (Wildman–Crippen MR) is 99.3 cm³/mol. The maximum atomic E-state index is 12.8. The molecule has 3 rings (SSSR count). The van der Waals surface area contributed by atoms with Crippen molar-refractivity contribution in [3.05, 3.63) is 71.3 Å². The van der Waals surface area contributed by atoms with Gasteiger partial charge in [0.2, 0.25) is 5.91 Å². The van der Waals surface area contributed by atoms with E-state index in [2.05, 4.69) is 10.1 Å². The third-order valence-electron chi connectivity index (χ3n) is 4.03. The molecule has 0 N–H and O–H groups in total. The zero-order valence-corrected chi connectivity index (χ0v) is 15.7. The van der Waals surface area contributed by atoms with Crippen LogP contribution in [0.3, 0.4) is 0 Å². The fourth-order valence-electron chi connectivity index (χ4n) is 2.57. The van der Waals surface area contributed by atoms with Crippen molar-refractivity contribution in [3.8, 4) is 0 Å². The lowest BCUT2D eigenvalue weighted by Gasteiger charge is -2.21. The van der Waals surface area contributed by atoms with E-state index < -0.39 is 0 Å². The van der Waals surface area contributed by atoms with E-state index in [1.807, 2.05) is 38.1 Å². The van der Waals surface area contributed by atoms with Crippen molar-refractivity contribution >= 4 is 17.7 Å². The highest BCUT2D eigenvalue weighted by atomic mass is 32.2. The number of carbonyl (C=O) groups excluding carboxylic acids is 1. The number of furan rings is 1. The number of nitrogens with zero attached hydrogens (tertiary/aromatic N) is 3. The lowest BCUT2D eigenvalue weighted by Crippen LogP contribution is -2.31. The van der Waals surface area contributed by atoms with Gasteiger partial charge in [-0.25, -0.2) is 0 Å². The molecule has 6 nitrogen and oxygen atoms in total. The molecule has 0 atom stereocenters. The summed E-state index contributed by atoms with van der Waals surface area (Å²) >= 11 is 1.56. The van der Waals surface area contributed by atoms with Gasteiger partial charge in [0.25, 0.3) is 0 Å². The Hall–Kier alpha value is -2.54. The van der Waals surface area contributed by atoms with E-state index in [4.69, 9.17) is 8.94 Å². The minimum absolute atomic E-state index is 0.0574. The third kappa shape index (κ3) is 4.76. The summed E-state index contributed by atoms with van der Waals surface area (Å²) in [7, 11) is 0. The van der Waals surface area contributed by atoms with E-state index in [1.54, 1.807) is 35.3 Å². The average molecular weight is 371 g/mol. The summed E-state index contributed by atoms with van der Waals surface area (Å²) in [5.74, 6) is 2.71. The van der Waals surface area contributed by atoms with Crippen LogP contribution in [-0.4, -0.2) is 26.7 Å². The Morgan fingerprint density at radius 3 is 2.77 bits per heavy atom. The van der Waals surface area contributed by atoms with Crippen molar-refractivity contribution in [2.75, 3.05) is 5.75 Å². The number of aryl methyl sites for hydroxylation is 2. The lowest BCUT2D eigenvalue weighted by molar-refractivity contribution is -0.129. The first kappa shape index (κ1) is 18.3. The van der Waals surface area contributed by atoms with E-state index in [9.17, 15) is 4.79 Å². The number of aromatic nitrogens is 2. The van der Waals surface area contributed by atoms with Gasteiger partial charge < -0.3 is 13.8 Å². The van der Waals surface area contributed by atoms with Gasteiger partial charge in [-0.2, -0.15) is 0 Å². The molecule has 0 spiro atoms. The molecule has 7 heteroatoms. The fourth-order valence-corrected chi connectivity index (χ4v) is 3.65. The molecule has 1 amide bonds. The molecule has 0 unspecified atom stereocenters. The third-order valence-corrected chi connectivity index (χ3v) is 4.97. The largest absolute Gasteiger partial charge is 0.467 e. The monoisotopic (exact) mass is 371 g/mol. The maximum Gasteiger partial charge on any atom is 0.233 e. The highest BCUT2D eigenvalue weighted by Gasteiger charge is 2.17. The van der Waals surface area contributed by atoms with Gasteiger partial charge in [-0.1, -0.05) is 11.2 Å². The molecule has 0 radical (unpaired) electrons. The number of hydrogen-bond donors (Lipinski definition) is 0. The summed E-state index contributed by atoms with van der Waals surface area (Å²) in [5, 5.41) is 3.95. The van der Waals surface area contributed by atoms with Crippen molar-refractivity contribution in [1.82, 2.24) is 15.0 Å². The van der Waals surface area contributed by atoms with Gasteiger partial charge >= 0.3 is 0 Å². The quantitative estimate of drug-likeness (QED) is 0.601. The van der Waals surface area contributed by atoms with Crippen molar-refractivity contribution < 1.29 is 13.7 Å². The van der Waals surface area contributed by atoms with E-state index in [0.29, 0.717) is 24.6 Å². The number of thioether (sulfide) groups is 1. The van der Waals surface area contributed by atoms with Crippen LogP contribution in [0, 0.1) is 13.8 Å². The predicted octanol–water partition coefficient (Wildman–Crippen LogP) is 3.74. The maximum absolute atomic E-state index is 12.8. The van der Waals surface area contributed by atoms with E-state index in [-0.39, 0.29) is 5.91 Å². The Morgan fingerprint density at radius 1 is 1.23 bits per heavy atom. The average Bonchev–Trinajstić information content (AvgIpc) is 3.26. The van der Waals surface area contributed by atoms with Crippen LogP contribution in [0.1, 0.15) is 28.3 Å². The topological polar surface area (TPSA) is 72.4 Å². The molecule has 0 bridgehead atoms. The van der Waals surface area contributed by atoms with Crippen LogP contribution in [-0.2, 0) is 23.6 Å². The normalized spacial score (nSPS) is 10.8. The minimum atomic E-state index is 0.0574. The number of rotatable bonds is 8. The molecular formula is C19H21N3O3S. The Morgan fingerprint density at radius 2 is 2.12 bits per heavy atom. The van der Waals surface area contributed by atoms with Crippen LogP contribution in [0.2, 0.25) is 0 Å². The first-order valence-corrected chi connectivity index (χ1v) is 9.47. The first-order valence-electron chi connectivity index (χ1n) is 8.32. The summed E-state index contributed by atoms with van der Waals surface area (Å²) in [6.45, 7) is 4.75. The molecule has 0 aliphatic rings. The molecule has 26 heavy (non-hydrogen) atoms. The van der Waals surface area contributed by atoms with Gasteiger partial charge in [-0.15, -0.1) is 11.8 Å². The van der Waals surface area contributed by atoms with Crippen molar-refractivity contribution in [2.45, 2.75) is 32.7 Å². The van der Waals surface area contributed by atoms with Crippen LogP contribution >= 0.6 is 11.8 Å². The molecule has 3 aromatic rings. The number of pyridine rings is 1. The SMILES string of the molecule is Cc1noc(C)c1CSCC(=O)N(Cc1cccnc1)Cc1ccco1. The zero-order valence-electron chi connectivity index (χ0n) is 14.8. The Balaban J connectivity index is 1.62. The van der Waals surface area contributed by atoms with E-state index in [0.717, 1.165) is 28.3 Å². The second kappa shape index (κ2) is 8.71. The van der Waals surface area contributed by atoms with Crippen molar-refractivity contribution in [3.63, 3.8) is 0 Å². The van der Waals surface area contributed by atoms with Crippen LogP contribution in [0.15, 0.2) is 51.9 Å². The van der Waals surface area contributed by atoms with Gasteiger partial charge in [-0.05, 0) is 37.6 Å². The molecular weight excluding hydrogens is 350 g/mol. The number of carbonyl (C=O) groups is 1. The molecule has 0 fully saturated rings. The summed E-state index contributed by atoms with van der Waals surface area (Å²) in [4.78, 5) is 18.7. The fraction of sp³-hybridized carbons (Fsp3) is 0.316. The van der Waals surface area contributed by atoms with Gasteiger partial charge in [0, 0.05) is 30.3 Å². The minimum Gasteiger partial charge on any atom is -0.467 e. The molecule has 3 aromatic heterocycles. The highest BCUT2D eigenvalue weighted by molar-refractivity contribution is 7.99. The Labute approximate surface area is 156 Å². The van der Waals surface area contributed by atoms with Gasteiger partial charge in [-0.3, -0.25) is 9.78 Å².